The van der Waals surface area contributed by atoms with Crippen molar-refractivity contribution in [2.45, 2.75) is 19.8 Å². The number of hydrogen-bond acceptors (Lipinski definition) is 6. The summed E-state index contributed by atoms with van der Waals surface area (Å²) in [5.41, 5.74) is 3.16. The summed E-state index contributed by atoms with van der Waals surface area (Å²) in [7, 11) is 5.43. The van der Waals surface area contributed by atoms with Gasteiger partial charge in [0.05, 0.1) is 26.4 Å². The highest BCUT2D eigenvalue weighted by Gasteiger charge is 2.14. The van der Waals surface area contributed by atoms with Crippen molar-refractivity contribution >= 4 is 0 Å². The van der Waals surface area contributed by atoms with Crippen molar-refractivity contribution in [3.63, 3.8) is 0 Å². The molecule has 6 heteroatoms. The SMILES string of the molecule is COc1ccc(CCN(C)CCCOc2noc(-c3ccccc3)c2C)cc1OC. The molecule has 1 heterocycles. The molecule has 0 saturated carbocycles. The minimum Gasteiger partial charge on any atom is -0.493 e. The first-order chi connectivity index (χ1) is 14.6. The van der Waals surface area contributed by atoms with Crippen LogP contribution in [0.15, 0.2) is 53.1 Å². The molecular formula is C24H30N2O4. The minimum atomic E-state index is 0.571. The fourth-order valence-electron chi connectivity index (χ4n) is 3.29. The molecule has 0 aliphatic carbocycles. The Balaban J connectivity index is 1.41. The first-order valence-corrected chi connectivity index (χ1v) is 10.2. The van der Waals surface area contributed by atoms with Crippen molar-refractivity contribution in [1.29, 1.82) is 0 Å². The van der Waals surface area contributed by atoms with Gasteiger partial charge in [0.15, 0.2) is 17.3 Å². The van der Waals surface area contributed by atoms with Crippen LogP contribution in [0.1, 0.15) is 17.5 Å². The lowest BCUT2D eigenvalue weighted by molar-refractivity contribution is 0.245. The smallest absolute Gasteiger partial charge is 0.257 e. The highest BCUT2D eigenvalue weighted by molar-refractivity contribution is 5.62. The normalized spacial score (nSPS) is 11.0. The van der Waals surface area contributed by atoms with Crippen LogP contribution in [-0.2, 0) is 6.42 Å². The molecule has 0 amide bonds. The second-order valence-corrected chi connectivity index (χ2v) is 7.25. The number of hydrogen-bond donors (Lipinski definition) is 0. The molecule has 1 aromatic heterocycles. The Kier molecular flexibility index (Phi) is 7.74. The summed E-state index contributed by atoms with van der Waals surface area (Å²) in [6, 6.07) is 16.0. The second-order valence-electron chi connectivity index (χ2n) is 7.25. The lowest BCUT2D eigenvalue weighted by Crippen LogP contribution is -2.23. The van der Waals surface area contributed by atoms with Crippen LogP contribution in [0, 0.1) is 6.92 Å². The summed E-state index contributed by atoms with van der Waals surface area (Å²) < 4.78 is 22.0. The summed E-state index contributed by atoms with van der Waals surface area (Å²) in [5, 5.41) is 4.08. The van der Waals surface area contributed by atoms with Crippen molar-refractivity contribution < 1.29 is 18.7 Å². The third-order valence-electron chi connectivity index (χ3n) is 5.07. The van der Waals surface area contributed by atoms with E-state index in [4.69, 9.17) is 18.7 Å². The number of ether oxygens (including phenoxy) is 3. The van der Waals surface area contributed by atoms with Gasteiger partial charge in [0.25, 0.3) is 5.88 Å². The Bertz CT molecular complexity index is 924. The van der Waals surface area contributed by atoms with Gasteiger partial charge in [-0.2, -0.15) is 0 Å². The zero-order chi connectivity index (χ0) is 21.3. The molecule has 0 radical (unpaired) electrons. The highest BCUT2D eigenvalue weighted by Crippen LogP contribution is 2.30. The fraction of sp³-hybridized carbons (Fsp3) is 0.375. The van der Waals surface area contributed by atoms with E-state index in [0.29, 0.717) is 12.5 Å². The van der Waals surface area contributed by atoms with Crippen LogP contribution in [0.3, 0.4) is 0 Å². The van der Waals surface area contributed by atoms with Crippen LogP contribution in [0.2, 0.25) is 0 Å². The zero-order valence-corrected chi connectivity index (χ0v) is 18.2. The maximum Gasteiger partial charge on any atom is 0.257 e. The fourth-order valence-corrected chi connectivity index (χ4v) is 3.29. The van der Waals surface area contributed by atoms with E-state index in [2.05, 4.69) is 23.2 Å². The van der Waals surface area contributed by atoms with E-state index >= 15 is 0 Å². The number of rotatable bonds is 11. The van der Waals surface area contributed by atoms with Crippen molar-refractivity contribution in [1.82, 2.24) is 10.1 Å². The van der Waals surface area contributed by atoms with Crippen LogP contribution >= 0.6 is 0 Å². The van der Waals surface area contributed by atoms with Crippen molar-refractivity contribution in [2.24, 2.45) is 0 Å². The largest absolute Gasteiger partial charge is 0.493 e. The van der Waals surface area contributed by atoms with Crippen LogP contribution in [-0.4, -0.2) is 51.0 Å². The Morgan fingerprint density at radius 2 is 1.73 bits per heavy atom. The Labute approximate surface area is 178 Å². The molecular weight excluding hydrogens is 380 g/mol. The van der Waals surface area contributed by atoms with E-state index < -0.39 is 0 Å². The van der Waals surface area contributed by atoms with Gasteiger partial charge >= 0.3 is 0 Å². The van der Waals surface area contributed by atoms with Gasteiger partial charge in [-0.25, -0.2) is 0 Å². The zero-order valence-electron chi connectivity index (χ0n) is 18.2. The van der Waals surface area contributed by atoms with Crippen molar-refractivity contribution in [3.05, 3.63) is 59.7 Å². The van der Waals surface area contributed by atoms with E-state index in [1.807, 2.05) is 49.4 Å². The molecule has 0 fully saturated rings. The van der Waals surface area contributed by atoms with Gasteiger partial charge < -0.3 is 23.6 Å². The molecule has 160 valence electrons. The summed E-state index contributed by atoms with van der Waals surface area (Å²) in [6.07, 6.45) is 1.86. The predicted octanol–water partition coefficient (Wildman–Crippen LogP) is 4.61. The molecule has 3 aromatic rings. The van der Waals surface area contributed by atoms with Gasteiger partial charge in [-0.15, -0.1) is 0 Å². The maximum absolute atomic E-state index is 5.85. The van der Waals surface area contributed by atoms with E-state index in [0.717, 1.165) is 54.3 Å². The molecule has 0 spiro atoms. The molecule has 0 aliphatic heterocycles. The van der Waals surface area contributed by atoms with Gasteiger partial charge in [-0.1, -0.05) is 36.4 Å². The van der Waals surface area contributed by atoms with Crippen molar-refractivity contribution in [2.75, 3.05) is 41.0 Å². The monoisotopic (exact) mass is 410 g/mol. The maximum atomic E-state index is 5.85. The number of benzene rings is 2. The molecule has 0 N–H and O–H groups in total. The second kappa shape index (κ2) is 10.7. The summed E-state index contributed by atoms with van der Waals surface area (Å²) in [6.45, 7) is 4.47. The third-order valence-corrected chi connectivity index (χ3v) is 5.07. The predicted molar refractivity (Wildman–Crippen MR) is 118 cm³/mol. The van der Waals surface area contributed by atoms with Gasteiger partial charge in [0.2, 0.25) is 0 Å². The molecule has 0 atom stereocenters. The van der Waals surface area contributed by atoms with Gasteiger partial charge in [-0.3, -0.25) is 0 Å². The van der Waals surface area contributed by atoms with Gasteiger partial charge in [-0.05, 0) is 49.7 Å². The average molecular weight is 411 g/mol. The van der Waals surface area contributed by atoms with Gasteiger partial charge in [0.1, 0.15) is 0 Å². The quantitative estimate of drug-likeness (QED) is 0.430. The lowest BCUT2D eigenvalue weighted by Gasteiger charge is -2.17. The molecule has 0 saturated heterocycles. The van der Waals surface area contributed by atoms with Gasteiger partial charge in [0, 0.05) is 18.7 Å². The minimum absolute atomic E-state index is 0.571. The Morgan fingerprint density at radius 3 is 2.47 bits per heavy atom. The van der Waals surface area contributed by atoms with E-state index in [1.165, 1.54) is 5.56 Å². The first kappa shape index (κ1) is 21.7. The summed E-state index contributed by atoms with van der Waals surface area (Å²) in [4.78, 5) is 2.30. The van der Waals surface area contributed by atoms with Crippen LogP contribution in [0.4, 0.5) is 0 Å². The van der Waals surface area contributed by atoms with E-state index in [1.54, 1.807) is 14.2 Å². The molecule has 3 rings (SSSR count). The number of methoxy groups -OCH3 is 2. The lowest BCUT2D eigenvalue weighted by atomic mass is 10.1. The van der Waals surface area contributed by atoms with Crippen LogP contribution in [0.5, 0.6) is 17.4 Å². The summed E-state index contributed by atoms with van der Waals surface area (Å²) >= 11 is 0. The number of likely N-dealkylation sites (N-methyl/N-ethyl adjacent to an activating group) is 1. The first-order valence-electron chi connectivity index (χ1n) is 10.2. The van der Waals surface area contributed by atoms with Crippen LogP contribution in [0.25, 0.3) is 11.3 Å². The van der Waals surface area contributed by atoms with E-state index in [9.17, 15) is 0 Å². The molecule has 30 heavy (non-hydrogen) atoms. The Hall–Kier alpha value is -2.99. The molecule has 2 aromatic carbocycles. The number of nitrogens with zero attached hydrogens (tertiary/aromatic N) is 2. The third kappa shape index (κ3) is 5.54. The highest BCUT2D eigenvalue weighted by atomic mass is 16.5. The van der Waals surface area contributed by atoms with E-state index in [-0.39, 0.29) is 0 Å². The molecule has 0 unspecified atom stereocenters. The summed E-state index contributed by atoms with van der Waals surface area (Å²) in [5.74, 6) is 2.86. The average Bonchev–Trinajstić information content (AvgIpc) is 3.15. The topological polar surface area (TPSA) is 57.0 Å². The standard InChI is InChI=1S/C24H30N2O4/c1-18-23(20-9-6-5-7-10-20)30-25-24(18)29-16-8-14-26(2)15-13-19-11-12-21(27-3)22(17-19)28-4/h5-7,9-12,17H,8,13-16H2,1-4H3. The number of aromatic nitrogens is 1. The van der Waals surface area contributed by atoms with Crippen LogP contribution < -0.4 is 14.2 Å². The molecule has 0 bridgehead atoms. The Morgan fingerprint density at radius 1 is 0.967 bits per heavy atom. The molecule has 0 aliphatic rings. The molecule has 6 nitrogen and oxygen atoms in total. The van der Waals surface area contributed by atoms with Crippen molar-refractivity contribution in [3.8, 4) is 28.7 Å².